The fraction of sp³-hybridized carbons (Fsp3) is 0.444. The van der Waals surface area contributed by atoms with Crippen LogP contribution < -0.4 is 9.79 Å². The molecule has 0 aliphatic heterocycles. The smallest absolute Gasteiger partial charge is 0.139 e. The van der Waals surface area contributed by atoms with Gasteiger partial charge >= 0.3 is 0 Å². The van der Waals surface area contributed by atoms with E-state index in [0.29, 0.717) is 5.29 Å². The van der Waals surface area contributed by atoms with Crippen LogP contribution in [0.4, 0.5) is 0 Å². The Kier molecular flexibility index (Phi) is 3.21. The van der Waals surface area contributed by atoms with Gasteiger partial charge in [0.1, 0.15) is 5.29 Å². The fourth-order valence-electron chi connectivity index (χ4n) is 1.46. The van der Waals surface area contributed by atoms with Gasteiger partial charge in [0.25, 0.3) is 0 Å². The molecule has 0 atom stereocenters. The molecule has 1 aliphatic rings. The zero-order chi connectivity index (χ0) is 9.14. The van der Waals surface area contributed by atoms with E-state index >= 15 is 0 Å². The van der Waals surface area contributed by atoms with Gasteiger partial charge in [-0.15, -0.1) is 0 Å². The van der Waals surface area contributed by atoms with E-state index in [-0.39, 0.29) is 0 Å². The lowest BCUT2D eigenvalue weighted by molar-refractivity contribution is -0.281. The molecule has 0 fully saturated rings. The quantitative estimate of drug-likeness (QED) is 0.596. The first kappa shape index (κ1) is 9.66. The Morgan fingerprint density at radius 1 is 1.17 bits per heavy atom. The van der Waals surface area contributed by atoms with Crippen molar-refractivity contribution in [3.05, 3.63) is 23.3 Å². The summed E-state index contributed by atoms with van der Waals surface area (Å²) in [7, 11) is -2.41. The highest BCUT2D eigenvalue weighted by atomic mass is 31.1. The molecule has 3 heteroatoms. The molecule has 0 saturated carbocycles. The summed E-state index contributed by atoms with van der Waals surface area (Å²) in [5.41, 5.74) is 2.15. The van der Waals surface area contributed by atoms with Crippen LogP contribution in [0, 0.1) is 0 Å². The minimum absolute atomic E-state index is 0.504. The molecule has 0 spiro atoms. The summed E-state index contributed by atoms with van der Waals surface area (Å²) in [4.78, 5) is 21.5. The highest BCUT2D eigenvalue weighted by molar-refractivity contribution is 7.45. The minimum Gasteiger partial charge on any atom is -0.633 e. The lowest BCUT2D eigenvalue weighted by atomic mass is 10.1. The maximum absolute atomic E-state index is 10.7. The highest BCUT2D eigenvalue weighted by Crippen LogP contribution is 2.26. The third kappa shape index (κ3) is 1.66. The van der Waals surface area contributed by atoms with E-state index in [9.17, 15) is 9.79 Å². The molecule has 12 heavy (non-hydrogen) atoms. The normalized spacial score (nSPS) is 16.2. The SMILES string of the molecule is CCC1=C(CC)C(=[P+]([O-])[O-])C=C1. The van der Waals surface area contributed by atoms with E-state index < -0.39 is 8.00 Å². The Hall–Kier alpha value is -0.430. The van der Waals surface area contributed by atoms with E-state index in [4.69, 9.17) is 0 Å². The molecular formula is C9H12O2P-. The van der Waals surface area contributed by atoms with E-state index in [1.165, 1.54) is 0 Å². The van der Waals surface area contributed by atoms with Gasteiger partial charge in [0.2, 0.25) is 0 Å². The molecule has 0 saturated heterocycles. The first-order chi connectivity index (χ1) is 5.70. The van der Waals surface area contributed by atoms with Gasteiger partial charge in [-0.1, -0.05) is 19.9 Å². The van der Waals surface area contributed by atoms with Crippen molar-refractivity contribution in [1.82, 2.24) is 0 Å². The van der Waals surface area contributed by atoms with Gasteiger partial charge in [0.05, 0.1) is 0 Å². The van der Waals surface area contributed by atoms with E-state index in [0.717, 1.165) is 24.0 Å². The van der Waals surface area contributed by atoms with Gasteiger partial charge in [0, 0.05) is 13.6 Å². The Bertz CT molecular complexity index is 270. The molecule has 2 nitrogen and oxygen atoms in total. The van der Waals surface area contributed by atoms with Crippen molar-refractivity contribution >= 4 is 13.3 Å². The predicted molar refractivity (Wildman–Crippen MR) is 48.7 cm³/mol. The van der Waals surface area contributed by atoms with Crippen molar-refractivity contribution in [3.63, 3.8) is 0 Å². The maximum atomic E-state index is 10.7. The van der Waals surface area contributed by atoms with Crippen LogP contribution in [0.3, 0.4) is 0 Å². The molecule has 0 amide bonds. The van der Waals surface area contributed by atoms with E-state index in [1.54, 1.807) is 6.08 Å². The zero-order valence-electron chi connectivity index (χ0n) is 7.33. The third-order valence-corrected chi connectivity index (χ3v) is 2.88. The van der Waals surface area contributed by atoms with Crippen molar-refractivity contribution in [2.24, 2.45) is 0 Å². The van der Waals surface area contributed by atoms with Gasteiger partial charge in [-0.25, -0.2) is 0 Å². The Morgan fingerprint density at radius 2 is 1.83 bits per heavy atom. The van der Waals surface area contributed by atoms with Crippen LogP contribution in [0.2, 0.25) is 0 Å². The first-order valence-corrected chi connectivity index (χ1v) is 5.30. The molecule has 0 unspecified atom stereocenters. The van der Waals surface area contributed by atoms with Crippen molar-refractivity contribution < 1.29 is 9.79 Å². The largest absolute Gasteiger partial charge is 0.633 e. The molecule has 1 aliphatic carbocycles. The van der Waals surface area contributed by atoms with Crippen LogP contribution >= 0.6 is 8.00 Å². The average Bonchev–Trinajstić information content (AvgIpc) is 2.46. The van der Waals surface area contributed by atoms with Gasteiger partial charge < -0.3 is 9.79 Å². The second-order valence-electron chi connectivity index (χ2n) is 2.69. The minimum atomic E-state index is -2.41. The highest BCUT2D eigenvalue weighted by Gasteiger charge is 2.15. The summed E-state index contributed by atoms with van der Waals surface area (Å²) in [6.45, 7) is 4.02. The number of rotatable bonds is 2. The first-order valence-electron chi connectivity index (χ1n) is 4.12. The van der Waals surface area contributed by atoms with Crippen LogP contribution in [0.25, 0.3) is 0 Å². The topological polar surface area (TPSA) is 46.1 Å². The van der Waals surface area contributed by atoms with Crippen molar-refractivity contribution in [2.75, 3.05) is 0 Å². The maximum Gasteiger partial charge on any atom is 0.139 e. The van der Waals surface area contributed by atoms with Gasteiger partial charge in [-0.05, 0) is 24.5 Å². The van der Waals surface area contributed by atoms with Crippen LogP contribution in [0.5, 0.6) is 0 Å². The Labute approximate surface area is 73.8 Å². The standard InChI is InChI=1S/C9H13O2P/c1-3-7-5-6-9(12(10)11)8(7)4-2/h5-6H,3-4H2,1-2H3,(H,10,11)/p-1. The second kappa shape index (κ2) is 3.99. The predicted octanol–water partition coefficient (Wildman–Crippen LogP) is 0.878. The molecular weight excluding hydrogens is 171 g/mol. The van der Waals surface area contributed by atoms with Crippen LogP contribution in [-0.2, 0) is 0 Å². The second-order valence-corrected chi connectivity index (χ2v) is 3.68. The molecule has 0 aromatic heterocycles. The van der Waals surface area contributed by atoms with Crippen LogP contribution in [0.1, 0.15) is 26.7 Å². The summed E-state index contributed by atoms with van der Waals surface area (Å²) >= 11 is 0. The van der Waals surface area contributed by atoms with Crippen molar-refractivity contribution in [3.8, 4) is 0 Å². The molecule has 0 heterocycles. The molecule has 0 aromatic carbocycles. The van der Waals surface area contributed by atoms with Gasteiger partial charge in [-0.2, -0.15) is 0 Å². The summed E-state index contributed by atoms with van der Waals surface area (Å²) in [6, 6.07) is 0. The summed E-state index contributed by atoms with van der Waals surface area (Å²) in [5, 5.41) is 0.504. The van der Waals surface area contributed by atoms with E-state index in [2.05, 4.69) is 0 Å². The summed E-state index contributed by atoms with van der Waals surface area (Å²) in [5.74, 6) is 0. The van der Waals surface area contributed by atoms with Gasteiger partial charge in [0.15, 0.2) is 0 Å². The zero-order valence-corrected chi connectivity index (χ0v) is 8.23. The summed E-state index contributed by atoms with van der Waals surface area (Å²) < 4.78 is 0. The third-order valence-electron chi connectivity index (χ3n) is 2.07. The molecule has 0 radical (unpaired) electrons. The van der Waals surface area contributed by atoms with Crippen molar-refractivity contribution in [1.29, 1.82) is 0 Å². The average molecular weight is 183 g/mol. The Morgan fingerprint density at radius 3 is 2.25 bits per heavy atom. The van der Waals surface area contributed by atoms with Crippen LogP contribution in [-0.4, -0.2) is 5.29 Å². The van der Waals surface area contributed by atoms with Crippen LogP contribution in [0.15, 0.2) is 23.3 Å². The number of hydrogen-bond acceptors (Lipinski definition) is 2. The van der Waals surface area contributed by atoms with E-state index in [1.807, 2.05) is 19.9 Å². The Balaban J connectivity index is 3.08. The molecule has 1 rings (SSSR count). The van der Waals surface area contributed by atoms with Crippen molar-refractivity contribution in [2.45, 2.75) is 26.7 Å². The molecule has 0 bridgehead atoms. The monoisotopic (exact) mass is 183 g/mol. The lowest BCUT2D eigenvalue weighted by Gasteiger charge is -2.06. The molecule has 0 aromatic rings. The fourth-order valence-corrected chi connectivity index (χ4v) is 2.17. The number of allylic oxidation sites excluding steroid dienone is 4. The lowest BCUT2D eigenvalue weighted by Crippen LogP contribution is -2.10. The van der Waals surface area contributed by atoms with Gasteiger partial charge in [-0.3, -0.25) is 0 Å². The molecule has 66 valence electrons. The molecule has 0 N–H and O–H groups in total. The number of hydrogen-bond donors (Lipinski definition) is 0. The summed E-state index contributed by atoms with van der Waals surface area (Å²) in [6.07, 6.45) is 5.31.